The summed E-state index contributed by atoms with van der Waals surface area (Å²) in [6, 6.07) is 12.0. The summed E-state index contributed by atoms with van der Waals surface area (Å²) in [5.41, 5.74) is 0. The first-order valence-electron chi connectivity index (χ1n) is 2.00. The van der Waals surface area contributed by atoms with E-state index in [4.69, 9.17) is 0 Å². The van der Waals surface area contributed by atoms with E-state index < -0.39 is 0 Å². The van der Waals surface area contributed by atoms with E-state index in [1.165, 1.54) is 0 Å². The van der Waals surface area contributed by atoms with Crippen LogP contribution in [0.4, 0.5) is 0 Å². The van der Waals surface area contributed by atoms with Crippen LogP contribution in [-0.4, -0.2) is 0 Å². The molecule has 0 heterocycles. The largest absolute Gasteiger partial charge is 1.00 e. The van der Waals surface area contributed by atoms with Crippen molar-refractivity contribution >= 4 is 0 Å². The van der Waals surface area contributed by atoms with Crippen LogP contribution in [0.5, 0.6) is 0 Å². The van der Waals surface area contributed by atoms with Crippen LogP contribution in [0, 0.1) is 0 Å². The van der Waals surface area contributed by atoms with E-state index in [-0.39, 0.29) is 35.8 Å². The summed E-state index contributed by atoms with van der Waals surface area (Å²) in [4.78, 5) is 0. The molecule has 0 saturated heterocycles. The van der Waals surface area contributed by atoms with Gasteiger partial charge in [0.1, 0.15) is 0 Å². The maximum Gasteiger partial charge on any atom is 1.00 e. The monoisotopic (exact) mass is 164 g/mol. The van der Waals surface area contributed by atoms with E-state index in [0.717, 1.165) is 0 Å². The zero-order chi connectivity index (χ0) is 4.24. The second-order valence-corrected chi connectivity index (χ2v) is 1.15. The molecule has 0 aliphatic heterocycles. The van der Waals surface area contributed by atoms with Crippen molar-refractivity contribution in [3.8, 4) is 0 Å². The molecule has 1 aromatic carbocycles. The van der Waals surface area contributed by atoms with Gasteiger partial charge in [0.25, 0.3) is 0 Å². The van der Waals surface area contributed by atoms with Gasteiger partial charge in [-0.15, -0.1) is 0 Å². The molecule has 0 saturated carbocycles. The second-order valence-electron chi connectivity index (χ2n) is 1.15. The van der Waals surface area contributed by atoms with Crippen molar-refractivity contribution in [2.24, 2.45) is 0 Å². The fraction of sp³-hybridized carbons (Fsp3) is 0. The van der Waals surface area contributed by atoms with Crippen LogP contribution in [0.1, 0.15) is 0 Å². The van der Waals surface area contributed by atoms with E-state index in [2.05, 4.69) is 0 Å². The van der Waals surface area contributed by atoms with Gasteiger partial charge in [-0.2, -0.15) is 0 Å². The fourth-order valence-corrected chi connectivity index (χ4v) is 0.385. The first-order valence-corrected chi connectivity index (χ1v) is 2.00. The van der Waals surface area contributed by atoms with Gasteiger partial charge < -0.3 is 17.0 Å². The molecule has 38 valence electrons. The van der Waals surface area contributed by atoms with Crippen LogP contribution in [-0.2, 0) is 0 Å². The molecule has 0 aliphatic rings. The smallest absolute Gasteiger partial charge is 1.00 e. The predicted molar refractivity (Wildman–Crippen MR) is 26.4 cm³/mol. The maximum absolute atomic E-state index is 2.00. The summed E-state index contributed by atoms with van der Waals surface area (Å²) >= 11 is 0. The zero-order valence-corrected chi connectivity index (χ0v) is 6.43. The fourth-order valence-electron chi connectivity index (χ4n) is 0.385. The van der Waals surface area contributed by atoms with Crippen LogP contribution < -0.4 is 35.8 Å². The Morgan fingerprint density at radius 2 is 0.625 bits per heavy atom. The Balaban J connectivity index is 0. The minimum absolute atomic E-state index is 0. The Morgan fingerprint density at radius 3 is 0.750 bits per heavy atom. The van der Waals surface area contributed by atoms with Crippen molar-refractivity contribution in [1.29, 1.82) is 0 Å². The van der Waals surface area contributed by atoms with Crippen molar-refractivity contribution in [1.82, 2.24) is 0 Å². The van der Waals surface area contributed by atoms with Gasteiger partial charge in [-0.25, -0.2) is 0 Å². The number of benzene rings is 1. The first kappa shape index (κ1) is 11.1. The van der Waals surface area contributed by atoms with Crippen molar-refractivity contribution in [3.63, 3.8) is 0 Å². The molecule has 1 aromatic rings. The SMILES string of the molecule is [Br-].[Li+].c1ccccc1. The molecular weight excluding hydrogens is 159 g/mol. The van der Waals surface area contributed by atoms with E-state index in [1.807, 2.05) is 36.4 Å². The topological polar surface area (TPSA) is 0 Å². The minimum atomic E-state index is 0. The Bertz CT molecular complexity index is 80.5. The maximum atomic E-state index is 2.00. The first-order chi connectivity index (χ1) is 3.00. The van der Waals surface area contributed by atoms with Crippen LogP contribution in [0.3, 0.4) is 0 Å². The van der Waals surface area contributed by atoms with Crippen LogP contribution in [0.15, 0.2) is 36.4 Å². The number of rotatable bonds is 0. The number of hydrogen-bond acceptors (Lipinski definition) is 0. The summed E-state index contributed by atoms with van der Waals surface area (Å²) < 4.78 is 0. The Morgan fingerprint density at radius 1 is 0.500 bits per heavy atom. The molecule has 0 unspecified atom stereocenters. The molecule has 0 radical (unpaired) electrons. The third kappa shape index (κ3) is 4.46. The molecule has 1 rings (SSSR count). The van der Waals surface area contributed by atoms with Gasteiger partial charge in [-0.1, -0.05) is 36.4 Å². The molecule has 0 amide bonds. The van der Waals surface area contributed by atoms with Gasteiger partial charge in [0.2, 0.25) is 0 Å². The molecule has 0 fully saturated rings. The minimum Gasteiger partial charge on any atom is -1.00 e. The molecule has 0 bridgehead atoms. The van der Waals surface area contributed by atoms with Gasteiger partial charge in [0, 0.05) is 0 Å². The molecule has 0 aliphatic carbocycles. The second kappa shape index (κ2) is 7.30. The van der Waals surface area contributed by atoms with Crippen molar-refractivity contribution < 1.29 is 35.8 Å². The van der Waals surface area contributed by atoms with Crippen molar-refractivity contribution in [3.05, 3.63) is 36.4 Å². The molecule has 0 atom stereocenters. The predicted octanol–water partition coefficient (Wildman–Crippen LogP) is -4.31. The molecule has 2 heteroatoms. The summed E-state index contributed by atoms with van der Waals surface area (Å²) in [5, 5.41) is 0. The van der Waals surface area contributed by atoms with Crippen LogP contribution in [0.2, 0.25) is 0 Å². The summed E-state index contributed by atoms with van der Waals surface area (Å²) in [5.74, 6) is 0. The van der Waals surface area contributed by atoms with Gasteiger partial charge >= 0.3 is 18.9 Å². The standard InChI is InChI=1S/C6H6.BrH.Li/c1-2-4-6-5-3-1;;/h1-6H;1H;/q;;+1/p-1. The van der Waals surface area contributed by atoms with E-state index in [1.54, 1.807) is 0 Å². The average molecular weight is 165 g/mol. The van der Waals surface area contributed by atoms with Gasteiger partial charge in [-0.05, 0) is 0 Å². The van der Waals surface area contributed by atoms with Gasteiger partial charge in [0.05, 0.1) is 0 Å². The van der Waals surface area contributed by atoms with Gasteiger partial charge in [-0.3, -0.25) is 0 Å². The normalized spacial score (nSPS) is 6.00. The van der Waals surface area contributed by atoms with Crippen LogP contribution in [0.25, 0.3) is 0 Å². The number of halogens is 1. The molecule has 0 spiro atoms. The molecule has 0 aromatic heterocycles. The molecule has 8 heavy (non-hydrogen) atoms. The van der Waals surface area contributed by atoms with Crippen molar-refractivity contribution in [2.45, 2.75) is 0 Å². The summed E-state index contributed by atoms with van der Waals surface area (Å²) in [6.45, 7) is 0. The van der Waals surface area contributed by atoms with E-state index >= 15 is 0 Å². The molecule has 0 N–H and O–H groups in total. The Kier molecular flexibility index (Phi) is 10.2. The van der Waals surface area contributed by atoms with E-state index in [9.17, 15) is 0 Å². The van der Waals surface area contributed by atoms with E-state index in [0.29, 0.717) is 0 Å². The third-order valence-corrected chi connectivity index (χ3v) is 0.667. The summed E-state index contributed by atoms with van der Waals surface area (Å²) in [6.07, 6.45) is 0. The van der Waals surface area contributed by atoms with Gasteiger partial charge in [0.15, 0.2) is 0 Å². The Labute approximate surface area is 72.2 Å². The summed E-state index contributed by atoms with van der Waals surface area (Å²) in [7, 11) is 0. The molecule has 0 nitrogen and oxygen atoms in total. The quantitative estimate of drug-likeness (QED) is 0.341. The van der Waals surface area contributed by atoms with Crippen LogP contribution >= 0.6 is 0 Å². The molecular formula is C6H6BrLi. The third-order valence-electron chi connectivity index (χ3n) is 0.667. The average Bonchev–Trinajstić information content (AvgIpc) is 1.72. The Hall–Kier alpha value is 0.297. The number of hydrogen-bond donors (Lipinski definition) is 0. The van der Waals surface area contributed by atoms with Crippen molar-refractivity contribution in [2.75, 3.05) is 0 Å². The zero-order valence-electron chi connectivity index (χ0n) is 4.84.